The lowest BCUT2D eigenvalue weighted by atomic mass is 10.1. The van der Waals surface area contributed by atoms with E-state index in [0.717, 1.165) is 23.4 Å². The third-order valence-corrected chi connectivity index (χ3v) is 4.13. The average molecular weight is 325 g/mol. The molecule has 0 radical (unpaired) electrons. The van der Waals surface area contributed by atoms with Crippen LogP contribution in [0.2, 0.25) is 0 Å². The molecular formula is C20H27N3O. The van der Waals surface area contributed by atoms with E-state index in [1.165, 1.54) is 31.2 Å². The molecule has 1 aromatic carbocycles. The van der Waals surface area contributed by atoms with Crippen molar-refractivity contribution in [1.82, 2.24) is 4.98 Å². The third-order valence-electron chi connectivity index (χ3n) is 4.13. The maximum Gasteiger partial charge on any atom is 0.259 e. The molecule has 0 saturated heterocycles. The van der Waals surface area contributed by atoms with Gasteiger partial charge < -0.3 is 11.1 Å². The zero-order valence-corrected chi connectivity index (χ0v) is 14.9. The number of carbonyl (C=O) groups excluding carboxylic acids is 1. The van der Waals surface area contributed by atoms with E-state index in [1.54, 1.807) is 0 Å². The van der Waals surface area contributed by atoms with E-state index in [0.29, 0.717) is 5.56 Å². The Bertz CT molecular complexity index is 670. The van der Waals surface area contributed by atoms with E-state index in [9.17, 15) is 4.79 Å². The molecule has 0 bridgehead atoms. The second-order valence-corrected chi connectivity index (χ2v) is 6.30. The number of nitrogen functional groups attached to an aromatic ring is 1. The Morgan fingerprint density at radius 3 is 2.46 bits per heavy atom. The number of nitrogens with two attached hydrogens (primary N) is 1. The third kappa shape index (κ3) is 4.82. The van der Waals surface area contributed by atoms with Crippen molar-refractivity contribution in [1.29, 1.82) is 0 Å². The Morgan fingerprint density at radius 1 is 1.12 bits per heavy atom. The minimum absolute atomic E-state index is 0.215. The molecule has 1 amide bonds. The Morgan fingerprint density at radius 2 is 1.83 bits per heavy atom. The summed E-state index contributed by atoms with van der Waals surface area (Å²) in [5.74, 6) is 0.0609. The van der Waals surface area contributed by atoms with Crippen LogP contribution >= 0.6 is 0 Å². The van der Waals surface area contributed by atoms with Crippen molar-refractivity contribution in [2.75, 3.05) is 11.1 Å². The molecule has 0 unspecified atom stereocenters. The van der Waals surface area contributed by atoms with E-state index < -0.39 is 0 Å². The molecule has 2 aromatic rings. The highest BCUT2D eigenvalue weighted by Gasteiger charge is 2.15. The first kappa shape index (κ1) is 18.0. The zero-order chi connectivity index (χ0) is 17.5. The standard InChI is InChI=1S/C20H27N3O/c1-4-5-6-7-8-16-9-11-17(12-10-16)23-20(24)18-14(2)13-15(3)22-19(18)21/h9-13H,4-8H2,1-3H3,(H2,21,22)(H,23,24). The predicted molar refractivity (Wildman–Crippen MR) is 100 cm³/mol. The van der Waals surface area contributed by atoms with Gasteiger partial charge in [0.05, 0.1) is 5.56 Å². The van der Waals surface area contributed by atoms with Crippen molar-refractivity contribution in [3.05, 3.63) is 52.7 Å². The van der Waals surface area contributed by atoms with Gasteiger partial charge in [-0.2, -0.15) is 0 Å². The van der Waals surface area contributed by atoms with Gasteiger partial charge in [0.2, 0.25) is 0 Å². The maximum absolute atomic E-state index is 12.5. The van der Waals surface area contributed by atoms with Crippen molar-refractivity contribution >= 4 is 17.4 Å². The Labute approximate surface area is 144 Å². The molecule has 4 nitrogen and oxygen atoms in total. The summed E-state index contributed by atoms with van der Waals surface area (Å²) in [4.78, 5) is 16.6. The number of nitrogens with zero attached hydrogens (tertiary/aromatic N) is 1. The van der Waals surface area contributed by atoms with E-state index in [1.807, 2.05) is 32.0 Å². The van der Waals surface area contributed by atoms with Crippen LogP contribution in [0, 0.1) is 13.8 Å². The number of rotatable bonds is 7. The number of unbranched alkanes of at least 4 members (excludes halogenated alkanes) is 3. The summed E-state index contributed by atoms with van der Waals surface area (Å²) in [7, 11) is 0. The smallest absolute Gasteiger partial charge is 0.259 e. The van der Waals surface area contributed by atoms with Crippen molar-refractivity contribution in [2.24, 2.45) is 0 Å². The van der Waals surface area contributed by atoms with Crippen LogP contribution in [0.4, 0.5) is 11.5 Å². The SMILES string of the molecule is CCCCCCc1ccc(NC(=O)c2c(C)cc(C)nc2N)cc1. The number of hydrogen-bond acceptors (Lipinski definition) is 3. The molecule has 4 heteroatoms. The van der Waals surface area contributed by atoms with Gasteiger partial charge in [-0.05, 0) is 56.0 Å². The molecule has 0 aliphatic carbocycles. The summed E-state index contributed by atoms with van der Waals surface area (Å²) < 4.78 is 0. The first-order valence-electron chi connectivity index (χ1n) is 8.65. The summed E-state index contributed by atoms with van der Waals surface area (Å²) in [6, 6.07) is 9.90. The summed E-state index contributed by atoms with van der Waals surface area (Å²) >= 11 is 0. The first-order valence-corrected chi connectivity index (χ1v) is 8.65. The number of aromatic nitrogens is 1. The van der Waals surface area contributed by atoms with E-state index in [-0.39, 0.29) is 11.7 Å². The van der Waals surface area contributed by atoms with Gasteiger partial charge in [0.1, 0.15) is 5.82 Å². The van der Waals surface area contributed by atoms with E-state index in [2.05, 4.69) is 29.4 Å². The van der Waals surface area contributed by atoms with Crippen LogP contribution in [0.1, 0.15) is 59.8 Å². The monoisotopic (exact) mass is 325 g/mol. The van der Waals surface area contributed by atoms with Crippen LogP contribution in [0.3, 0.4) is 0 Å². The normalized spacial score (nSPS) is 10.6. The minimum atomic E-state index is -0.215. The molecule has 24 heavy (non-hydrogen) atoms. The predicted octanol–water partition coefficient (Wildman–Crippen LogP) is 4.66. The molecule has 0 aliphatic rings. The first-order chi connectivity index (χ1) is 11.5. The van der Waals surface area contributed by atoms with Crippen LogP contribution in [0.5, 0.6) is 0 Å². The molecule has 0 fully saturated rings. The van der Waals surface area contributed by atoms with Crippen molar-refractivity contribution in [3.8, 4) is 0 Å². The number of benzene rings is 1. The molecule has 3 N–H and O–H groups in total. The fourth-order valence-corrected chi connectivity index (χ4v) is 2.87. The molecule has 1 heterocycles. The van der Waals surface area contributed by atoms with Crippen LogP contribution in [0.15, 0.2) is 30.3 Å². The van der Waals surface area contributed by atoms with Crippen LogP contribution < -0.4 is 11.1 Å². The molecule has 0 saturated carbocycles. The minimum Gasteiger partial charge on any atom is -0.383 e. The maximum atomic E-state index is 12.5. The lowest BCUT2D eigenvalue weighted by Gasteiger charge is -2.11. The van der Waals surface area contributed by atoms with Gasteiger partial charge in [-0.1, -0.05) is 38.3 Å². The highest BCUT2D eigenvalue weighted by atomic mass is 16.1. The lowest BCUT2D eigenvalue weighted by molar-refractivity contribution is 0.102. The van der Waals surface area contributed by atoms with Gasteiger partial charge in [0, 0.05) is 11.4 Å². The Hall–Kier alpha value is -2.36. The second-order valence-electron chi connectivity index (χ2n) is 6.30. The number of amides is 1. The number of aryl methyl sites for hydroxylation is 3. The molecular weight excluding hydrogens is 298 g/mol. The van der Waals surface area contributed by atoms with Gasteiger partial charge in [0.15, 0.2) is 0 Å². The van der Waals surface area contributed by atoms with Gasteiger partial charge in [-0.3, -0.25) is 4.79 Å². The largest absolute Gasteiger partial charge is 0.383 e. The van der Waals surface area contributed by atoms with Crippen LogP contribution in [-0.2, 0) is 6.42 Å². The van der Waals surface area contributed by atoms with E-state index in [4.69, 9.17) is 5.73 Å². The van der Waals surface area contributed by atoms with Crippen LogP contribution in [-0.4, -0.2) is 10.9 Å². The highest BCUT2D eigenvalue weighted by Crippen LogP contribution is 2.19. The molecule has 2 rings (SSSR count). The van der Waals surface area contributed by atoms with Gasteiger partial charge >= 0.3 is 0 Å². The Balaban J connectivity index is 2.00. The fraction of sp³-hybridized carbons (Fsp3) is 0.400. The fourth-order valence-electron chi connectivity index (χ4n) is 2.87. The van der Waals surface area contributed by atoms with Gasteiger partial charge in [0.25, 0.3) is 5.91 Å². The summed E-state index contributed by atoms with van der Waals surface area (Å²) in [6.07, 6.45) is 6.11. The zero-order valence-electron chi connectivity index (χ0n) is 14.9. The molecule has 0 atom stereocenters. The van der Waals surface area contributed by atoms with Crippen LogP contribution in [0.25, 0.3) is 0 Å². The second kappa shape index (κ2) is 8.48. The molecule has 128 valence electrons. The molecule has 0 aliphatic heterocycles. The number of carbonyl (C=O) groups is 1. The average Bonchev–Trinajstić information content (AvgIpc) is 2.52. The molecule has 0 spiro atoms. The van der Waals surface area contributed by atoms with Crippen molar-refractivity contribution < 1.29 is 4.79 Å². The Kier molecular flexibility index (Phi) is 6.36. The van der Waals surface area contributed by atoms with E-state index >= 15 is 0 Å². The van der Waals surface area contributed by atoms with Gasteiger partial charge in [-0.25, -0.2) is 4.98 Å². The number of hydrogen-bond donors (Lipinski definition) is 2. The number of nitrogens with one attached hydrogen (secondary N) is 1. The lowest BCUT2D eigenvalue weighted by Crippen LogP contribution is -2.17. The molecule has 1 aromatic heterocycles. The van der Waals surface area contributed by atoms with Crippen molar-refractivity contribution in [2.45, 2.75) is 52.9 Å². The summed E-state index contributed by atoms with van der Waals surface area (Å²) in [6.45, 7) is 5.96. The quantitative estimate of drug-likeness (QED) is 0.728. The summed E-state index contributed by atoms with van der Waals surface area (Å²) in [5.41, 5.74) is 10.1. The topological polar surface area (TPSA) is 68.0 Å². The summed E-state index contributed by atoms with van der Waals surface area (Å²) in [5, 5.41) is 2.90. The number of anilines is 2. The number of pyridine rings is 1. The van der Waals surface area contributed by atoms with Gasteiger partial charge in [-0.15, -0.1) is 0 Å². The van der Waals surface area contributed by atoms with Crippen molar-refractivity contribution in [3.63, 3.8) is 0 Å². The highest BCUT2D eigenvalue weighted by molar-refractivity contribution is 6.08.